The minimum absolute atomic E-state index is 0.145. The topological polar surface area (TPSA) is 85.8 Å². The van der Waals surface area contributed by atoms with Gasteiger partial charge in [-0.2, -0.15) is 10.1 Å². The molecule has 3 N–H and O–H groups in total. The largest absolute Gasteiger partial charge is 0.330 e. The molecule has 1 amide bonds. The summed E-state index contributed by atoms with van der Waals surface area (Å²) in [6.45, 7) is 0.337. The van der Waals surface area contributed by atoms with E-state index in [1.807, 2.05) is 0 Å². The molecule has 0 aliphatic rings. The van der Waals surface area contributed by atoms with E-state index in [-0.39, 0.29) is 5.91 Å². The number of rotatable bonds is 3. The average Bonchev–Trinajstić information content (AvgIpc) is 2.37. The summed E-state index contributed by atoms with van der Waals surface area (Å²) >= 11 is 0. The molecule has 1 heterocycles. The SMILES string of the molecule is Cn1ncnc1NC(=O)CCN. The van der Waals surface area contributed by atoms with Crippen molar-refractivity contribution < 1.29 is 4.79 Å². The standard InChI is InChI=1S/C6H11N5O/c1-11-6(8-4-9-11)10-5(12)2-3-7/h4H,2-3,7H2,1H3,(H,8,9,10,12). The van der Waals surface area contributed by atoms with E-state index >= 15 is 0 Å². The van der Waals surface area contributed by atoms with Gasteiger partial charge in [0.2, 0.25) is 11.9 Å². The molecule has 0 aliphatic carbocycles. The van der Waals surface area contributed by atoms with Crippen molar-refractivity contribution in [2.24, 2.45) is 12.8 Å². The summed E-state index contributed by atoms with van der Waals surface area (Å²) in [6.07, 6.45) is 1.67. The zero-order valence-corrected chi connectivity index (χ0v) is 6.82. The van der Waals surface area contributed by atoms with Crippen LogP contribution in [0.1, 0.15) is 6.42 Å². The molecule has 1 aromatic rings. The molecule has 6 nitrogen and oxygen atoms in total. The molecule has 0 aliphatic heterocycles. The van der Waals surface area contributed by atoms with Crippen LogP contribution in [0.5, 0.6) is 0 Å². The lowest BCUT2D eigenvalue weighted by Gasteiger charge is -2.01. The Bertz CT molecular complexity index is 269. The number of amides is 1. The smallest absolute Gasteiger partial charge is 0.227 e. The normalized spacial score (nSPS) is 9.83. The van der Waals surface area contributed by atoms with Gasteiger partial charge in [0.15, 0.2) is 0 Å². The molecule has 66 valence electrons. The van der Waals surface area contributed by atoms with Crippen molar-refractivity contribution in [3.63, 3.8) is 0 Å². The van der Waals surface area contributed by atoms with E-state index < -0.39 is 0 Å². The van der Waals surface area contributed by atoms with E-state index in [2.05, 4.69) is 15.4 Å². The minimum Gasteiger partial charge on any atom is -0.330 e. The van der Waals surface area contributed by atoms with Gasteiger partial charge in [0.25, 0.3) is 0 Å². The summed E-state index contributed by atoms with van der Waals surface area (Å²) in [6, 6.07) is 0. The predicted octanol–water partition coefficient (Wildman–Crippen LogP) is -0.898. The molecular weight excluding hydrogens is 158 g/mol. The summed E-state index contributed by atoms with van der Waals surface area (Å²) in [5.74, 6) is 0.294. The fourth-order valence-corrected chi connectivity index (χ4v) is 0.728. The molecule has 0 spiro atoms. The number of carbonyl (C=O) groups excluding carboxylic acids is 1. The zero-order chi connectivity index (χ0) is 8.97. The third-order valence-electron chi connectivity index (χ3n) is 1.33. The first-order chi connectivity index (χ1) is 5.74. The Balaban J connectivity index is 2.52. The molecule has 6 heteroatoms. The predicted molar refractivity (Wildman–Crippen MR) is 43.3 cm³/mol. The van der Waals surface area contributed by atoms with Crippen molar-refractivity contribution >= 4 is 11.9 Å². The summed E-state index contributed by atoms with van der Waals surface area (Å²) in [5.41, 5.74) is 5.19. The molecule has 0 unspecified atom stereocenters. The van der Waals surface area contributed by atoms with Crippen LogP contribution in [-0.4, -0.2) is 27.2 Å². The lowest BCUT2D eigenvalue weighted by Crippen LogP contribution is -2.18. The molecular formula is C6H11N5O. The van der Waals surface area contributed by atoms with Gasteiger partial charge in [0.05, 0.1) is 0 Å². The number of nitrogens with one attached hydrogen (secondary N) is 1. The Morgan fingerprint density at radius 1 is 1.83 bits per heavy atom. The number of aromatic nitrogens is 3. The lowest BCUT2D eigenvalue weighted by molar-refractivity contribution is -0.116. The van der Waals surface area contributed by atoms with Gasteiger partial charge in [0.1, 0.15) is 6.33 Å². The van der Waals surface area contributed by atoms with Crippen LogP contribution >= 0.6 is 0 Å². The second-order valence-corrected chi connectivity index (χ2v) is 2.29. The molecule has 0 radical (unpaired) electrons. The fraction of sp³-hybridized carbons (Fsp3) is 0.500. The summed E-state index contributed by atoms with van der Waals surface area (Å²) in [4.78, 5) is 14.8. The molecule has 1 rings (SSSR count). The number of anilines is 1. The maximum Gasteiger partial charge on any atom is 0.227 e. The number of hydrogen-bond acceptors (Lipinski definition) is 4. The van der Waals surface area contributed by atoms with E-state index in [4.69, 9.17) is 5.73 Å². The minimum atomic E-state index is -0.145. The Kier molecular flexibility index (Phi) is 2.76. The molecule has 0 saturated carbocycles. The Hall–Kier alpha value is -1.43. The van der Waals surface area contributed by atoms with E-state index in [1.165, 1.54) is 11.0 Å². The van der Waals surface area contributed by atoms with Crippen LogP contribution in [0.3, 0.4) is 0 Å². The third-order valence-corrected chi connectivity index (χ3v) is 1.33. The second-order valence-electron chi connectivity index (χ2n) is 2.29. The van der Waals surface area contributed by atoms with Crippen molar-refractivity contribution in [1.29, 1.82) is 0 Å². The van der Waals surface area contributed by atoms with Crippen LogP contribution in [0, 0.1) is 0 Å². The average molecular weight is 169 g/mol. The Morgan fingerprint density at radius 3 is 3.08 bits per heavy atom. The van der Waals surface area contributed by atoms with Gasteiger partial charge >= 0.3 is 0 Å². The highest BCUT2D eigenvalue weighted by Gasteiger charge is 2.04. The molecule has 0 aromatic carbocycles. The molecule has 0 bridgehead atoms. The number of carbonyl (C=O) groups is 1. The highest BCUT2D eigenvalue weighted by molar-refractivity contribution is 5.89. The van der Waals surface area contributed by atoms with Crippen LogP contribution in [0.25, 0.3) is 0 Å². The monoisotopic (exact) mass is 169 g/mol. The van der Waals surface area contributed by atoms with Crippen LogP contribution in [0.2, 0.25) is 0 Å². The van der Waals surface area contributed by atoms with Gasteiger partial charge in [-0.3, -0.25) is 10.1 Å². The molecule has 1 aromatic heterocycles. The first-order valence-electron chi connectivity index (χ1n) is 3.58. The zero-order valence-electron chi connectivity index (χ0n) is 6.82. The molecule has 12 heavy (non-hydrogen) atoms. The lowest BCUT2D eigenvalue weighted by atomic mass is 10.4. The van der Waals surface area contributed by atoms with Gasteiger partial charge in [-0.1, -0.05) is 0 Å². The molecule has 0 saturated heterocycles. The van der Waals surface area contributed by atoms with Crippen LogP contribution in [0.15, 0.2) is 6.33 Å². The number of nitrogens with zero attached hydrogens (tertiary/aromatic N) is 3. The van der Waals surface area contributed by atoms with E-state index in [0.717, 1.165) is 0 Å². The molecule has 0 atom stereocenters. The quantitative estimate of drug-likeness (QED) is 0.614. The van der Waals surface area contributed by atoms with Gasteiger partial charge in [0, 0.05) is 20.0 Å². The highest BCUT2D eigenvalue weighted by Crippen LogP contribution is 1.97. The van der Waals surface area contributed by atoms with Crippen molar-refractivity contribution in [2.75, 3.05) is 11.9 Å². The van der Waals surface area contributed by atoms with E-state index in [0.29, 0.717) is 18.9 Å². The first kappa shape index (κ1) is 8.66. The highest BCUT2D eigenvalue weighted by atomic mass is 16.1. The Morgan fingerprint density at radius 2 is 2.58 bits per heavy atom. The van der Waals surface area contributed by atoms with Gasteiger partial charge in [-0.05, 0) is 0 Å². The van der Waals surface area contributed by atoms with E-state index in [9.17, 15) is 4.79 Å². The maximum absolute atomic E-state index is 11.0. The summed E-state index contributed by atoms with van der Waals surface area (Å²) < 4.78 is 1.48. The van der Waals surface area contributed by atoms with E-state index in [1.54, 1.807) is 7.05 Å². The third kappa shape index (κ3) is 2.03. The maximum atomic E-state index is 11.0. The number of hydrogen-bond donors (Lipinski definition) is 2. The van der Waals surface area contributed by atoms with Crippen LogP contribution in [-0.2, 0) is 11.8 Å². The second kappa shape index (κ2) is 3.82. The van der Waals surface area contributed by atoms with Crippen LogP contribution in [0.4, 0.5) is 5.95 Å². The van der Waals surface area contributed by atoms with Gasteiger partial charge < -0.3 is 5.73 Å². The molecule has 0 fully saturated rings. The van der Waals surface area contributed by atoms with Crippen molar-refractivity contribution in [3.05, 3.63) is 6.33 Å². The Labute approximate surface area is 69.8 Å². The van der Waals surface area contributed by atoms with Crippen molar-refractivity contribution in [1.82, 2.24) is 14.8 Å². The first-order valence-corrected chi connectivity index (χ1v) is 3.58. The summed E-state index contributed by atoms with van der Waals surface area (Å²) in [5, 5.41) is 6.35. The van der Waals surface area contributed by atoms with Crippen molar-refractivity contribution in [2.45, 2.75) is 6.42 Å². The summed E-state index contributed by atoms with van der Waals surface area (Å²) in [7, 11) is 1.70. The van der Waals surface area contributed by atoms with Crippen molar-refractivity contribution in [3.8, 4) is 0 Å². The van der Waals surface area contributed by atoms with Crippen LogP contribution < -0.4 is 11.1 Å². The van der Waals surface area contributed by atoms with Gasteiger partial charge in [-0.15, -0.1) is 0 Å². The number of aryl methyl sites for hydroxylation is 1. The fourth-order valence-electron chi connectivity index (χ4n) is 0.728. The number of nitrogens with two attached hydrogens (primary N) is 1. The van der Waals surface area contributed by atoms with Gasteiger partial charge in [-0.25, -0.2) is 4.68 Å².